The third-order valence-electron chi connectivity index (χ3n) is 6.88. The molecule has 0 saturated carbocycles. The van der Waals surface area contributed by atoms with Gasteiger partial charge in [0.2, 0.25) is 10.0 Å². The Balaban J connectivity index is 1.32. The van der Waals surface area contributed by atoms with Crippen LogP contribution in [0.2, 0.25) is 0 Å². The van der Waals surface area contributed by atoms with Crippen molar-refractivity contribution in [3.05, 3.63) is 53.1 Å². The van der Waals surface area contributed by atoms with E-state index in [1.807, 2.05) is 43.0 Å². The SMILES string of the molecule is CC(C)Oc1ccc(-c2nnc(-c3cccc4c3CC[C@H]4NS(=O)(=O)CCN3CCC(O)C3)s2)cc1C#N. The minimum Gasteiger partial charge on any atom is -0.490 e. The predicted octanol–water partition coefficient (Wildman–Crippen LogP) is 3.50. The van der Waals surface area contributed by atoms with Gasteiger partial charge in [-0.15, -0.1) is 10.2 Å². The number of sulfonamides is 1. The molecule has 2 aromatic carbocycles. The average molecular weight is 554 g/mol. The number of likely N-dealkylation sites (tertiary alicyclic amines) is 1. The van der Waals surface area contributed by atoms with Crippen molar-refractivity contribution in [1.82, 2.24) is 19.8 Å². The smallest absolute Gasteiger partial charge is 0.213 e. The molecule has 0 bridgehead atoms. The van der Waals surface area contributed by atoms with Crippen molar-refractivity contribution in [2.45, 2.75) is 51.4 Å². The molecular formula is C27H31N5O4S2. The number of fused-ring (bicyclic) bond motifs is 1. The summed E-state index contributed by atoms with van der Waals surface area (Å²) < 4.78 is 34.3. The molecule has 2 atom stereocenters. The Bertz CT molecular complexity index is 1460. The number of hydrogen-bond acceptors (Lipinski definition) is 9. The minimum atomic E-state index is -3.48. The topological polar surface area (TPSA) is 128 Å². The second-order valence-corrected chi connectivity index (χ2v) is 12.9. The van der Waals surface area contributed by atoms with Crippen LogP contribution in [-0.4, -0.2) is 66.2 Å². The number of aliphatic hydroxyl groups is 1. The van der Waals surface area contributed by atoms with Crippen molar-refractivity contribution in [3.8, 4) is 33.0 Å². The Labute approximate surface area is 227 Å². The van der Waals surface area contributed by atoms with Crippen molar-refractivity contribution < 1.29 is 18.3 Å². The number of aliphatic hydroxyl groups excluding tert-OH is 1. The third kappa shape index (κ3) is 5.90. The summed E-state index contributed by atoms with van der Waals surface area (Å²) in [6.07, 6.45) is 1.72. The molecule has 0 radical (unpaired) electrons. The van der Waals surface area contributed by atoms with Crippen LogP contribution in [0, 0.1) is 11.3 Å². The van der Waals surface area contributed by atoms with Gasteiger partial charge in [-0.25, -0.2) is 13.1 Å². The number of hydrogen-bond donors (Lipinski definition) is 2. The van der Waals surface area contributed by atoms with Crippen molar-refractivity contribution in [1.29, 1.82) is 5.26 Å². The standard InChI is InChI=1S/C27H31N5O4S2/c1-17(2)36-25-9-6-18(14-19(25)15-28)26-29-30-27(37-26)23-5-3-4-22-21(23)7-8-24(22)31-38(34,35)13-12-32-11-10-20(33)16-32/h3-6,9,14,17,20,24,31,33H,7-8,10-13,16H2,1-2H3/t20?,24-/m1/s1. The van der Waals surface area contributed by atoms with Crippen LogP contribution in [0.1, 0.15) is 49.4 Å². The van der Waals surface area contributed by atoms with Crippen LogP contribution in [0.5, 0.6) is 5.75 Å². The molecule has 38 heavy (non-hydrogen) atoms. The Morgan fingerprint density at radius 2 is 2.05 bits per heavy atom. The van der Waals surface area contributed by atoms with Gasteiger partial charge in [0.1, 0.15) is 21.8 Å². The van der Waals surface area contributed by atoms with Gasteiger partial charge in [-0.3, -0.25) is 4.90 Å². The molecule has 2 aliphatic rings. The second kappa shape index (κ2) is 11.1. The third-order valence-corrected chi connectivity index (χ3v) is 9.25. The van der Waals surface area contributed by atoms with Crippen LogP contribution >= 0.6 is 11.3 Å². The summed E-state index contributed by atoms with van der Waals surface area (Å²) in [6, 6.07) is 13.3. The highest BCUT2D eigenvalue weighted by atomic mass is 32.2. The molecule has 1 aliphatic heterocycles. The number of nitrogens with one attached hydrogen (secondary N) is 1. The lowest BCUT2D eigenvalue weighted by Gasteiger charge is -2.18. The van der Waals surface area contributed by atoms with Crippen LogP contribution < -0.4 is 9.46 Å². The summed E-state index contributed by atoms with van der Waals surface area (Å²) in [5.74, 6) is 0.555. The van der Waals surface area contributed by atoms with E-state index in [0.29, 0.717) is 42.3 Å². The molecule has 0 spiro atoms. The Hall–Kier alpha value is -2.88. The van der Waals surface area contributed by atoms with Crippen LogP contribution in [0.25, 0.3) is 21.1 Å². The first kappa shape index (κ1) is 26.7. The van der Waals surface area contributed by atoms with Crippen molar-refractivity contribution in [3.63, 3.8) is 0 Å². The number of aromatic nitrogens is 2. The lowest BCUT2D eigenvalue weighted by molar-refractivity contribution is 0.178. The molecule has 9 nitrogen and oxygen atoms in total. The molecule has 1 aliphatic carbocycles. The molecule has 11 heteroatoms. The number of β-amino-alcohol motifs (C(OH)–C–C–N with tert-alkyl or cyclic N) is 1. The Kier molecular flexibility index (Phi) is 7.79. The Morgan fingerprint density at radius 3 is 2.79 bits per heavy atom. The van der Waals surface area contributed by atoms with Crippen LogP contribution in [-0.2, 0) is 16.4 Å². The van der Waals surface area contributed by atoms with Crippen molar-refractivity contribution in [2.75, 3.05) is 25.4 Å². The highest BCUT2D eigenvalue weighted by Crippen LogP contribution is 2.40. The molecule has 1 fully saturated rings. The largest absolute Gasteiger partial charge is 0.490 e. The van der Waals surface area contributed by atoms with Gasteiger partial charge in [0.15, 0.2) is 0 Å². The van der Waals surface area contributed by atoms with Gasteiger partial charge in [0.25, 0.3) is 0 Å². The first-order valence-electron chi connectivity index (χ1n) is 12.8. The summed E-state index contributed by atoms with van der Waals surface area (Å²) in [6.45, 7) is 5.51. The van der Waals surface area contributed by atoms with E-state index in [2.05, 4.69) is 21.0 Å². The first-order valence-corrected chi connectivity index (χ1v) is 15.3. The van der Waals surface area contributed by atoms with E-state index in [9.17, 15) is 18.8 Å². The summed E-state index contributed by atoms with van der Waals surface area (Å²) >= 11 is 1.44. The zero-order valence-electron chi connectivity index (χ0n) is 21.4. The van der Waals surface area contributed by atoms with Crippen molar-refractivity contribution >= 4 is 21.4 Å². The number of nitriles is 1. The minimum absolute atomic E-state index is 0.0106. The number of nitrogens with zero attached hydrogens (tertiary/aromatic N) is 4. The molecule has 1 saturated heterocycles. The highest BCUT2D eigenvalue weighted by molar-refractivity contribution is 7.89. The summed E-state index contributed by atoms with van der Waals surface area (Å²) in [4.78, 5) is 1.99. The van der Waals surface area contributed by atoms with Gasteiger partial charge in [0, 0.05) is 36.8 Å². The molecule has 1 unspecified atom stereocenters. The maximum Gasteiger partial charge on any atom is 0.213 e. The number of ether oxygens (including phenoxy) is 1. The van der Waals surface area contributed by atoms with E-state index in [1.165, 1.54) is 11.3 Å². The molecule has 3 aromatic rings. The van der Waals surface area contributed by atoms with Crippen LogP contribution in [0.4, 0.5) is 0 Å². The van der Waals surface area contributed by atoms with Gasteiger partial charge < -0.3 is 9.84 Å². The van der Waals surface area contributed by atoms with Gasteiger partial charge in [-0.2, -0.15) is 5.26 Å². The lowest BCUT2D eigenvalue weighted by atomic mass is 10.0. The summed E-state index contributed by atoms with van der Waals surface area (Å²) in [5.41, 5.74) is 4.26. The number of benzene rings is 2. The monoisotopic (exact) mass is 553 g/mol. The van der Waals surface area contributed by atoms with Gasteiger partial charge >= 0.3 is 0 Å². The van der Waals surface area contributed by atoms with Crippen LogP contribution in [0.15, 0.2) is 36.4 Å². The van der Waals surface area contributed by atoms with Gasteiger partial charge in [0.05, 0.1) is 23.5 Å². The van der Waals surface area contributed by atoms with Gasteiger partial charge in [-0.1, -0.05) is 29.5 Å². The van der Waals surface area contributed by atoms with Crippen molar-refractivity contribution in [2.24, 2.45) is 0 Å². The Morgan fingerprint density at radius 1 is 1.24 bits per heavy atom. The van der Waals surface area contributed by atoms with E-state index >= 15 is 0 Å². The number of rotatable bonds is 9. The van der Waals surface area contributed by atoms with E-state index < -0.39 is 10.0 Å². The lowest BCUT2D eigenvalue weighted by Crippen LogP contribution is -2.35. The molecule has 2 N–H and O–H groups in total. The zero-order chi connectivity index (χ0) is 26.9. The highest BCUT2D eigenvalue weighted by Gasteiger charge is 2.30. The zero-order valence-corrected chi connectivity index (χ0v) is 23.1. The average Bonchev–Trinajstić information content (AvgIpc) is 3.63. The summed E-state index contributed by atoms with van der Waals surface area (Å²) in [5, 5.41) is 29.5. The fourth-order valence-electron chi connectivity index (χ4n) is 5.07. The van der Waals surface area contributed by atoms with Gasteiger partial charge in [-0.05, 0) is 62.4 Å². The van der Waals surface area contributed by atoms with Crippen LogP contribution in [0.3, 0.4) is 0 Å². The molecule has 5 rings (SSSR count). The maximum atomic E-state index is 12.8. The van der Waals surface area contributed by atoms with E-state index in [4.69, 9.17) is 4.74 Å². The molecule has 1 aromatic heterocycles. The molecule has 0 amide bonds. The summed E-state index contributed by atoms with van der Waals surface area (Å²) in [7, 11) is -3.48. The maximum absolute atomic E-state index is 12.8. The molecule has 2 heterocycles. The predicted molar refractivity (Wildman–Crippen MR) is 146 cm³/mol. The molecular weight excluding hydrogens is 522 g/mol. The quantitative estimate of drug-likeness (QED) is 0.412. The fraction of sp³-hybridized carbons (Fsp3) is 0.444. The van der Waals surface area contributed by atoms with E-state index in [1.54, 1.807) is 12.1 Å². The van der Waals surface area contributed by atoms with E-state index in [-0.39, 0.29) is 24.0 Å². The molecule has 200 valence electrons. The second-order valence-electron chi connectivity index (χ2n) is 10.0. The fourth-order valence-corrected chi connectivity index (χ4v) is 7.26. The normalized spacial score (nSPS) is 19.6. The first-order chi connectivity index (χ1) is 18.2. The van der Waals surface area contributed by atoms with E-state index in [0.717, 1.165) is 40.2 Å².